The van der Waals surface area contributed by atoms with Gasteiger partial charge in [-0.15, -0.1) is 0 Å². The van der Waals surface area contributed by atoms with E-state index in [1.54, 1.807) is 24.5 Å². The maximum absolute atomic E-state index is 14.4. The van der Waals surface area contributed by atoms with Gasteiger partial charge < -0.3 is 25.5 Å². The highest BCUT2D eigenvalue weighted by Gasteiger charge is 2.13. The lowest BCUT2D eigenvalue weighted by Crippen LogP contribution is -2.33. The van der Waals surface area contributed by atoms with E-state index in [-0.39, 0.29) is 18.0 Å². The zero-order valence-electron chi connectivity index (χ0n) is 15.0. The lowest BCUT2D eigenvalue weighted by Gasteiger charge is -2.10. The van der Waals surface area contributed by atoms with E-state index in [4.69, 9.17) is 9.84 Å². The molecule has 0 bridgehead atoms. The average Bonchev–Trinajstić information content (AvgIpc) is 3.12. The van der Waals surface area contributed by atoms with Gasteiger partial charge in [-0.05, 0) is 31.2 Å². The minimum Gasteiger partial charge on any atom is -0.453 e. The van der Waals surface area contributed by atoms with Crippen molar-refractivity contribution in [3.05, 3.63) is 48.5 Å². The Balaban J connectivity index is 1.63. The first-order valence-electron chi connectivity index (χ1n) is 8.56. The molecule has 0 aliphatic heterocycles. The van der Waals surface area contributed by atoms with Crippen LogP contribution in [0.2, 0.25) is 0 Å². The quantitative estimate of drug-likeness (QED) is 0.465. The number of anilines is 1. The fourth-order valence-corrected chi connectivity index (χ4v) is 2.48. The van der Waals surface area contributed by atoms with Gasteiger partial charge in [0.25, 0.3) is 0 Å². The lowest BCUT2D eigenvalue weighted by molar-refractivity contribution is -0.127. The molecule has 1 atom stereocenters. The fourth-order valence-electron chi connectivity index (χ4n) is 2.48. The second kappa shape index (κ2) is 8.49. The molecule has 0 aliphatic carbocycles. The van der Waals surface area contributed by atoms with E-state index in [9.17, 15) is 14.0 Å². The molecule has 3 rings (SSSR count). The Morgan fingerprint density at radius 1 is 1.25 bits per heavy atom. The van der Waals surface area contributed by atoms with Crippen LogP contribution in [-0.4, -0.2) is 39.5 Å². The number of halogens is 1. The molecule has 146 valence electrons. The Bertz CT molecular complexity index is 1000. The molecule has 0 aliphatic rings. The number of amides is 2. The normalized spacial score (nSPS) is 11.8. The van der Waals surface area contributed by atoms with Crippen molar-refractivity contribution in [1.82, 2.24) is 15.3 Å². The highest BCUT2D eigenvalue weighted by atomic mass is 19.1. The number of nitrogens with zero attached hydrogens (tertiary/aromatic N) is 1. The zero-order valence-corrected chi connectivity index (χ0v) is 15.0. The maximum atomic E-state index is 14.4. The number of pyridine rings is 1. The number of hydrogen-bond acceptors (Lipinski definition) is 5. The Morgan fingerprint density at radius 2 is 2.07 bits per heavy atom. The Kier molecular flexibility index (Phi) is 5.85. The number of aromatic amines is 1. The first-order chi connectivity index (χ1) is 13.4. The van der Waals surface area contributed by atoms with E-state index < -0.39 is 30.2 Å². The molecule has 0 fully saturated rings. The molecule has 9 heteroatoms. The van der Waals surface area contributed by atoms with Gasteiger partial charge in [-0.2, -0.15) is 0 Å². The summed E-state index contributed by atoms with van der Waals surface area (Å²) in [5.74, 6) is -1.37. The molecule has 3 aromatic rings. The van der Waals surface area contributed by atoms with Crippen LogP contribution in [-0.2, 0) is 9.59 Å². The van der Waals surface area contributed by atoms with Crippen LogP contribution in [0.4, 0.5) is 10.1 Å². The molecule has 8 nitrogen and oxygen atoms in total. The standard InChI is InChI=1S/C19H19FN4O4/c1-11(25)10-23-17(26)9-18(27)24-12-2-3-16(14(20)8-12)28-15-5-7-22-19-13(15)4-6-21-19/h2-8,11,25H,9-10H2,1H3,(H,21,22)(H,23,26)(H,24,27). The SMILES string of the molecule is CC(O)CNC(=O)CC(=O)Nc1ccc(Oc2ccnc3[nH]ccc23)c(F)c1. The second-order valence-electron chi connectivity index (χ2n) is 6.17. The summed E-state index contributed by atoms with van der Waals surface area (Å²) in [6, 6.07) is 7.36. The summed E-state index contributed by atoms with van der Waals surface area (Å²) >= 11 is 0. The van der Waals surface area contributed by atoms with Crippen LogP contribution in [0.25, 0.3) is 11.0 Å². The number of ether oxygens (including phenoxy) is 1. The number of aromatic nitrogens is 2. The molecule has 0 radical (unpaired) electrons. The van der Waals surface area contributed by atoms with Crippen molar-refractivity contribution in [3.8, 4) is 11.5 Å². The third-order valence-electron chi connectivity index (χ3n) is 3.77. The molecule has 2 aromatic heterocycles. The van der Waals surface area contributed by atoms with E-state index in [1.807, 2.05) is 0 Å². The van der Waals surface area contributed by atoms with E-state index in [0.29, 0.717) is 16.8 Å². The Labute approximate surface area is 159 Å². The average molecular weight is 386 g/mol. The number of benzene rings is 1. The van der Waals surface area contributed by atoms with Crippen molar-refractivity contribution in [1.29, 1.82) is 0 Å². The molecule has 1 unspecified atom stereocenters. The highest BCUT2D eigenvalue weighted by molar-refractivity contribution is 6.03. The van der Waals surface area contributed by atoms with E-state index in [0.717, 1.165) is 6.07 Å². The number of nitrogens with one attached hydrogen (secondary N) is 3. The molecule has 2 heterocycles. The Morgan fingerprint density at radius 3 is 2.82 bits per heavy atom. The summed E-state index contributed by atoms with van der Waals surface area (Å²) < 4.78 is 20.0. The predicted molar refractivity (Wildman–Crippen MR) is 101 cm³/mol. The number of H-pyrrole nitrogens is 1. The van der Waals surface area contributed by atoms with Crippen molar-refractivity contribution in [2.45, 2.75) is 19.4 Å². The molecular weight excluding hydrogens is 367 g/mol. The first-order valence-corrected chi connectivity index (χ1v) is 8.56. The summed E-state index contributed by atoms with van der Waals surface area (Å²) in [5.41, 5.74) is 0.815. The predicted octanol–water partition coefficient (Wildman–Crippen LogP) is 2.32. The summed E-state index contributed by atoms with van der Waals surface area (Å²) in [6.45, 7) is 1.57. The number of fused-ring (bicyclic) bond motifs is 1. The van der Waals surface area contributed by atoms with Gasteiger partial charge in [0.1, 0.15) is 17.8 Å². The monoisotopic (exact) mass is 386 g/mol. The number of rotatable bonds is 7. The van der Waals surface area contributed by atoms with Crippen molar-refractivity contribution in [2.75, 3.05) is 11.9 Å². The van der Waals surface area contributed by atoms with Crippen molar-refractivity contribution >= 4 is 28.5 Å². The van der Waals surface area contributed by atoms with Gasteiger partial charge in [-0.25, -0.2) is 9.37 Å². The number of carbonyl (C=O) groups excluding carboxylic acids is 2. The summed E-state index contributed by atoms with van der Waals surface area (Å²) in [6.07, 6.45) is 2.11. The fraction of sp³-hybridized carbons (Fsp3) is 0.211. The zero-order chi connectivity index (χ0) is 20.1. The minimum absolute atomic E-state index is 0.0126. The Hall–Kier alpha value is -3.46. The van der Waals surface area contributed by atoms with Crippen LogP contribution < -0.4 is 15.4 Å². The minimum atomic E-state index is -0.707. The number of aliphatic hydroxyl groups excluding tert-OH is 1. The van der Waals surface area contributed by atoms with E-state index in [2.05, 4.69) is 20.6 Å². The number of carbonyl (C=O) groups is 2. The molecular formula is C19H19FN4O4. The molecule has 1 aromatic carbocycles. The largest absolute Gasteiger partial charge is 0.453 e. The third kappa shape index (κ3) is 4.83. The highest BCUT2D eigenvalue weighted by Crippen LogP contribution is 2.31. The summed E-state index contributed by atoms with van der Waals surface area (Å²) in [4.78, 5) is 30.5. The summed E-state index contributed by atoms with van der Waals surface area (Å²) in [7, 11) is 0. The van der Waals surface area contributed by atoms with E-state index in [1.165, 1.54) is 19.1 Å². The topological polar surface area (TPSA) is 116 Å². The summed E-state index contributed by atoms with van der Waals surface area (Å²) in [5, 5.41) is 14.7. The lowest BCUT2D eigenvalue weighted by atomic mass is 10.2. The first kappa shape index (κ1) is 19.3. The van der Waals surface area contributed by atoms with Gasteiger partial charge in [0.15, 0.2) is 11.6 Å². The van der Waals surface area contributed by atoms with Gasteiger partial charge in [0.2, 0.25) is 11.8 Å². The van der Waals surface area contributed by atoms with E-state index >= 15 is 0 Å². The number of hydrogen-bond donors (Lipinski definition) is 4. The van der Waals surface area contributed by atoms with Gasteiger partial charge in [0, 0.05) is 30.7 Å². The second-order valence-corrected chi connectivity index (χ2v) is 6.17. The smallest absolute Gasteiger partial charge is 0.233 e. The van der Waals surface area contributed by atoms with Crippen LogP contribution >= 0.6 is 0 Å². The van der Waals surface area contributed by atoms with Crippen LogP contribution in [0.3, 0.4) is 0 Å². The molecule has 0 saturated heterocycles. The van der Waals surface area contributed by atoms with Gasteiger partial charge in [-0.3, -0.25) is 9.59 Å². The molecule has 2 amide bonds. The van der Waals surface area contributed by atoms with Crippen molar-refractivity contribution in [3.63, 3.8) is 0 Å². The molecule has 0 saturated carbocycles. The van der Waals surface area contributed by atoms with Gasteiger partial charge in [-0.1, -0.05) is 0 Å². The maximum Gasteiger partial charge on any atom is 0.233 e. The van der Waals surface area contributed by atoms with Crippen LogP contribution in [0.1, 0.15) is 13.3 Å². The molecule has 28 heavy (non-hydrogen) atoms. The van der Waals surface area contributed by atoms with Crippen LogP contribution in [0, 0.1) is 5.82 Å². The van der Waals surface area contributed by atoms with Crippen LogP contribution in [0.15, 0.2) is 42.7 Å². The van der Waals surface area contributed by atoms with Crippen molar-refractivity contribution < 1.29 is 23.8 Å². The molecule has 4 N–H and O–H groups in total. The van der Waals surface area contributed by atoms with Crippen LogP contribution in [0.5, 0.6) is 11.5 Å². The van der Waals surface area contributed by atoms with Crippen molar-refractivity contribution in [2.24, 2.45) is 0 Å². The third-order valence-corrected chi connectivity index (χ3v) is 3.77. The van der Waals surface area contributed by atoms with Gasteiger partial charge >= 0.3 is 0 Å². The number of aliphatic hydroxyl groups is 1. The van der Waals surface area contributed by atoms with Gasteiger partial charge in [0.05, 0.1) is 11.5 Å². The molecule has 0 spiro atoms.